The summed E-state index contributed by atoms with van der Waals surface area (Å²) in [4.78, 5) is 15.7. The lowest BCUT2D eigenvalue weighted by atomic mass is 9.96. The molecule has 188 valence electrons. The van der Waals surface area contributed by atoms with Gasteiger partial charge < -0.3 is 29.9 Å². The lowest BCUT2D eigenvalue weighted by molar-refractivity contribution is -0.134. The summed E-state index contributed by atoms with van der Waals surface area (Å²) in [6.07, 6.45) is 3.18. The van der Waals surface area contributed by atoms with Crippen LogP contribution in [0.25, 0.3) is 11.3 Å². The van der Waals surface area contributed by atoms with Gasteiger partial charge in [0.15, 0.2) is 17.6 Å². The van der Waals surface area contributed by atoms with E-state index in [1.807, 2.05) is 38.3 Å². The Labute approximate surface area is 209 Å². The normalized spacial score (nSPS) is 16.2. The first kappa shape index (κ1) is 25.3. The molecule has 3 heterocycles. The van der Waals surface area contributed by atoms with Crippen LogP contribution in [-0.4, -0.2) is 58.3 Å². The van der Waals surface area contributed by atoms with Crippen LogP contribution >= 0.6 is 11.3 Å². The van der Waals surface area contributed by atoms with Crippen molar-refractivity contribution in [3.05, 3.63) is 46.7 Å². The summed E-state index contributed by atoms with van der Waals surface area (Å²) in [7, 11) is 1.67. The third kappa shape index (κ3) is 5.90. The molecule has 0 amide bonds. The molecule has 4 rings (SSSR count). The highest BCUT2D eigenvalue weighted by Gasteiger charge is 2.26. The number of hydrogen-bond donors (Lipinski definition) is 3. The maximum absolute atomic E-state index is 10.6. The van der Waals surface area contributed by atoms with Gasteiger partial charge in [-0.05, 0) is 56.9 Å². The molecule has 3 aromatic rings. The molecule has 2 atom stereocenters. The maximum Gasteiger partial charge on any atom is 0.185 e. The Morgan fingerprint density at radius 2 is 1.86 bits per heavy atom. The molecular formula is C25H33N5O4S. The SMILES string of the molecule is CCOC(O)C1CCN(c2cnc(C(O)Nc3nc(-c4cc(C)c(OC)c(C)c4)cs3)cn2)CC1. The first-order chi connectivity index (χ1) is 16.9. The molecule has 0 saturated carbocycles. The van der Waals surface area contributed by atoms with Crippen molar-refractivity contribution >= 4 is 22.3 Å². The fourth-order valence-corrected chi connectivity index (χ4v) is 5.18. The summed E-state index contributed by atoms with van der Waals surface area (Å²) in [5.74, 6) is 1.78. The summed E-state index contributed by atoms with van der Waals surface area (Å²) >= 11 is 1.42. The number of aliphatic hydroxyl groups excluding tert-OH is 2. The Morgan fingerprint density at radius 3 is 2.46 bits per heavy atom. The van der Waals surface area contributed by atoms with Crippen molar-refractivity contribution in [1.82, 2.24) is 15.0 Å². The molecule has 1 fully saturated rings. The largest absolute Gasteiger partial charge is 0.496 e. The zero-order valence-electron chi connectivity index (χ0n) is 20.6. The molecule has 2 aromatic heterocycles. The molecule has 2 unspecified atom stereocenters. The van der Waals surface area contributed by atoms with Crippen LogP contribution in [-0.2, 0) is 4.74 Å². The number of aryl methyl sites for hydroxylation is 2. The van der Waals surface area contributed by atoms with Crippen LogP contribution in [0.15, 0.2) is 29.9 Å². The second-order valence-electron chi connectivity index (χ2n) is 8.70. The van der Waals surface area contributed by atoms with E-state index in [0.717, 1.165) is 59.9 Å². The molecule has 0 radical (unpaired) electrons. The van der Waals surface area contributed by atoms with Crippen molar-refractivity contribution in [2.45, 2.75) is 46.1 Å². The minimum atomic E-state index is -1.03. The summed E-state index contributed by atoms with van der Waals surface area (Å²) in [5.41, 5.74) is 4.35. The Kier molecular flexibility index (Phi) is 8.17. The molecular weight excluding hydrogens is 466 g/mol. The molecule has 1 aliphatic heterocycles. The van der Waals surface area contributed by atoms with Gasteiger partial charge in [0.05, 0.1) is 25.2 Å². The average Bonchev–Trinajstić information content (AvgIpc) is 3.33. The van der Waals surface area contributed by atoms with Crippen LogP contribution in [0.3, 0.4) is 0 Å². The summed E-state index contributed by atoms with van der Waals surface area (Å²) in [6, 6.07) is 4.09. The fourth-order valence-electron chi connectivity index (χ4n) is 4.44. The number of anilines is 2. The van der Waals surface area contributed by atoms with Crippen molar-refractivity contribution in [1.29, 1.82) is 0 Å². The van der Waals surface area contributed by atoms with Crippen molar-refractivity contribution in [3.63, 3.8) is 0 Å². The zero-order valence-corrected chi connectivity index (χ0v) is 21.4. The molecule has 35 heavy (non-hydrogen) atoms. The van der Waals surface area contributed by atoms with Crippen LogP contribution in [0.5, 0.6) is 5.75 Å². The van der Waals surface area contributed by atoms with Crippen molar-refractivity contribution in [2.75, 3.05) is 37.0 Å². The highest BCUT2D eigenvalue weighted by molar-refractivity contribution is 7.14. The van der Waals surface area contributed by atoms with Gasteiger partial charge in [-0.25, -0.2) is 9.97 Å². The van der Waals surface area contributed by atoms with E-state index in [1.165, 1.54) is 11.3 Å². The maximum atomic E-state index is 10.6. The van der Waals surface area contributed by atoms with Gasteiger partial charge in [-0.15, -0.1) is 11.3 Å². The Balaban J connectivity index is 1.36. The molecule has 9 nitrogen and oxygen atoms in total. The first-order valence-electron chi connectivity index (χ1n) is 11.8. The monoisotopic (exact) mass is 499 g/mol. The van der Waals surface area contributed by atoms with Gasteiger partial charge >= 0.3 is 0 Å². The Bertz CT molecular complexity index is 1090. The van der Waals surface area contributed by atoms with Crippen molar-refractivity contribution < 1.29 is 19.7 Å². The Morgan fingerprint density at radius 1 is 1.14 bits per heavy atom. The van der Waals surface area contributed by atoms with E-state index < -0.39 is 12.5 Å². The standard InChI is InChI=1S/C25H33N5O4S/c1-5-34-24(32)17-6-8-30(9-7-17)21-13-26-19(12-27-21)23(31)29-25-28-20(14-35-25)18-10-15(2)22(33-4)16(3)11-18/h10-14,17,23-24,31-32H,5-9H2,1-4H3,(H,28,29). The third-order valence-electron chi connectivity index (χ3n) is 6.27. The van der Waals surface area contributed by atoms with Crippen molar-refractivity contribution in [3.8, 4) is 17.0 Å². The lowest BCUT2D eigenvalue weighted by Crippen LogP contribution is -2.39. The van der Waals surface area contributed by atoms with Gasteiger partial charge in [0, 0.05) is 36.6 Å². The van der Waals surface area contributed by atoms with Gasteiger partial charge in [-0.3, -0.25) is 4.98 Å². The van der Waals surface area contributed by atoms with E-state index in [-0.39, 0.29) is 5.92 Å². The second-order valence-corrected chi connectivity index (χ2v) is 9.56. The number of ether oxygens (including phenoxy) is 2. The molecule has 0 aliphatic carbocycles. The van der Waals surface area contributed by atoms with E-state index >= 15 is 0 Å². The van der Waals surface area contributed by atoms with E-state index in [1.54, 1.807) is 19.5 Å². The summed E-state index contributed by atoms with van der Waals surface area (Å²) in [6.45, 7) is 7.97. The second kappa shape index (κ2) is 11.3. The Hall–Kier alpha value is -2.79. The van der Waals surface area contributed by atoms with Crippen molar-refractivity contribution in [2.24, 2.45) is 5.92 Å². The highest BCUT2D eigenvalue weighted by Crippen LogP contribution is 2.32. The molecule has 10 heteroatoms. The highest BCUT2D eigenvalue weighted by atomic mass is 32.1. The minimum absolute atomic E-state index is 0.137. The predicted octanol–water partition coefficient (Wildman–Crippen LogP) is 3.90. The van der Waals surface area contributed by atoms with Crippen LogP contribution in [0.2, 0.25) is 0 Å². The van der Waals surface area contributed by atoms with Gasteiger partial charge in [-0.2, -0.15) is 0 Å². The van der Waals surface area contributed by atoms with E-state index in [0.29, 0.717) is 17.4 Å². The molecule has 1 aliphatic rings. The number of aliphatic hydroxyl groups is 2. The molecule has 0 spiro atoms. The van der Waals surface area contributed by atoms with E-state index in [2.05, 4.69) is 25.2 Å². The van der Waals surface area contributed by atoms with Gasteiger partial charge in [0.1, 0.15) is 17.3 Å². The number of piperidine rings is 1. The molecule has 1 aromatic carbocycles. The number of rotatable bonds is 9. The number of methoxy groups -OCH3 is 1. The van der Waals surface area contributed by atoms with E-state index in [9.17, 15) is 10.2 Å². The number of aromatic nitrogens is 3. The predicted molar refractivity (Wildman–Crippen MR) is 137 cm³/mol. The number of hydrogen-bond acceptors (Lipinski definition) is 10. The van der Waals surface area contributed by atoms with Crippen LogP contribution in [0.4, 0.5) is 10.9 Å². The smallest absolute Gasteiger partial charge is 0.185 e. The van der Waals surface area contributed by atoms with E-state index in [4.69, 9.17) is 9.47 Å². The first-order valence-corrected chi connectivity index (χ1v) is 12.7. The summed E-state index contributed by atoms with van der Waals surface area (Å²) in [5, 5.41) is 26.2. The van der Waals surface area contributed by atoms with Crippen LogP contribution in [0, 0.1) is 19.8 Å². The van der Waals surface area contributed by atoms with Gasteiger partial charge in [0.25, 0.3) is 0 Å². The number of nitrogens with one attached hydrogen (secondary N) is 1. The number of benzene rings is 1. The van der Waals surface area contributed by atoms with Gasteiger partial charge in [0.2, 0.25) is 0 Å². The average molecular weight is 500 g/mol. The van der Waals surface area contributed by atoms with Crippen LogP contribution in [0.1, 0.15) is 42.8 Å². The zero-order chi connectivity index (χ0) is 24.9. The molecule has 0 bridgehead atoms. The quantitative estimate of drug-likeness (QED) is 0.377. The topological polar surface area (TPSA) is 113 Å². The summed E-state index contributed by atoms with van der Waals surface area (Å²) < 4.78 is 10.8. The van der Waals surface area contributed by atoms with Gasteiger partial charge in [-0.1, -0.05) is 0 Å². The number of thiazole rings is 1. The fraction of sp³-hybridized carbons (Fsp3) is 0.480. The molecule has 1 saturated heterocycles. The third-order valence-corrected chi connectivity index (χ3v) is 7.04. The van der Waals surface area contributed by atoms with Crippen LogP contribution < -0.4 is 15.0 Å². The minimum Gasteiger partial charge on any atom is -0.496 e. The lowest BCUT2D eigenvalue weighted by Gasteiger charge is -2.34. The number of nitrogens with zero attached hydrogens (tertiary/aromatic N) is 4. The molecule has 3 N–H and O–H groups in total.